The predicted octanol–water partition coefficient (Wildman–Crippen LogP) is 0.887. The minimum atomic E-state index is -0.224. The average molecular weight is 290 g/mol. The van der Waals surface area contributed by atoms with Crippen molar-refractivity contribution in [2.45, 2.75) is 44.7 Å². The van der Waals surface area contributed by atoms with Crippen LogP contribution in [0.4, 0.5) is 0 Å². The first-order valence-electron chi connectivity index (χ1n) is 7.80. The van der Waals surface area contributed by atoms with Gasteiger partial charge in [0.2, 0.25) is 11.8 Å². The van der Waals surface area contributed by atoms with E-state index in [-0.39, 0.29) is 17.9 Å². The van der Waals surface area contributed by atoms with Gasteiger partial charge in [-0.05, 0) is 25.7 Å². The molecule has 2 saturated heterocycles. The molecule has 2 amide bonds. The highest BCUT2D eigenvalue weighted by molar-refractivity contribution is 5.88. The van der Waals surface area contributed by atoms with Crippen molar-refractivity contribution in [3.63, 3.8) is 0 Å². The summed E-state index contributed by atoms with van der Waals surface area (Å²) in [5.41, 5.74) is 0. The standard InChI is InChI=1S/C15H22N4O2/c20-14(5-10-17-11-6-16-12-17)19-9-3-4-13(19)15(21)18-7-1-2-8-18/h6,11-13H,1-5,7-10H2/t13-/m0/s1. The molecule has 1 atom stereocenters. The van der Waals surface area contributed by atoms with Crippen LogP contribution >= 0.6 is 0 Å². The first-order valence-corrected chi connectivity index (χ1v) is 7.80. The van der Waals surface area contributed by atoms with Gasteiger partial charge in [0, 0.05) is 45.0 Å². The van der Waals surface area contributed by atoms with Crippen LogP contribution in [0.3, 0.4) is 0 Å². The Bertz CT molecular complexity index is 494. The van der Waals surface area contributed by atoms with Crippen LogP contribution in [0.1, 0.15) is 32.1 Å². The molecule has 0 unspecified atom stereocenters. The molecule has 6 heteroatoms. The molecule has 2 fully saturated rings. The molecule has 0 radical (unpaired) electrons. The minimum absolute atomic E-state index is 0.0822. The Kier molecular flexibility index (Phi) is 4.22. The molecule has 1 aromatic heterocycles. The first kappa shape index (κ1) is 14.1. The van der Waals surface area contributed by atoms with Gasteiger partial charge in [-0.25, -0.2) is 4.98 Å². The number of carbonyl (C=O) groups is 2. The highest BCUT2D eigenvalue weighted by Crippen LogP contribution is 2.22. The quantitative estimate of drug-likeness (QED) is 0.827. The second-order valence-electron chi connectivity index (χ2n) is 5.83. The zero-order valence-electron chi connectivity index (χ0n) is 12.3. The van der Waals surface area contributed by atoms with Gasteiger partial charge >= 0.3 is 0 Å². The highest BCUT2D eigenvalue weighted by atomic mass is 16.2. The van der Waals surface area contributed by atoms with Crippen LogP contribution in [0.15, 0.2) is 18.7 Å². The number of likely N-dealkylation sites (tertiary alicyclic amines) is 2. The van der Waals surface area contributed by atoms with Gasteiger partial charge in [-0.15, -0.1) is 0 Å². The Morgan fingerprint density at radius 3 is 2.67 bits per heavy atom. The van der Waals surface area contributed by atoms with E-state index in [1.54, 1.807) is 17.4 Å². The third-order valence-corrected chi connectivity index (χ3v) is 4.42. The zero-order valence-corrected chi connectivity index (χ0v) is 12.3. The van der Waals surface area contributed by atoms with Crippen LogP contribution in [0.2, 0.25) is 0 Å². The van der Waals surface area contributed by atoms with Gasteiger partial charge in [-0.1, -0.05) is 0 Å². The lowest BCUT2D eigenvalue weighted by Crippen LogP contribution is -2.47. The smallest absolute Gasteiger partial charge is 0.245 e. The van der Waals surface area contributed by atoms with Crippen molar-refractivity contribution in [1.29, 1.82) is 0 Å². The molecule has 6 nitrogen and oxygen atoms in total. The number of aryl methyl sites for hydroxylation is 1. The molecule has 0 aromatic carbocycles. The van der Waals surface area contributed by atoms with Crippen molar-refractivity contribution < 1.29 is 9.59 Å². The molecule has 2 aliphatic rings. The molecule has 0 saturated carbocycles. The average Bonchev–Trinajstić information content (AvgIpc) is 3.26. The SMILES string of the molecule is O=C([C@@H]1CCCN1C(=O)CCn1ccnc1)N1CCCC1. The largest absolute Gasteiger partial charge is 0.341 e. The third-order valence-electron chi connectivity index (χ3n) is 4.42. The van der Waals surface area contributed by atoms with Crippen molar-refractivity contribution in [1.82, 2.24) is 19.4 Å². The molecule has 21 heavy (non-hydrogen) atoms. The van der Waals surface area contributed by atoms with Crippen molar-refractivity contribution in [3.05, 3.63) is 18.7 Å². The van der Waals surface area contributed by atoms with Gasteiger partial charge in [-0.3, -0.25) is 9.59 Å². The Morgan fingerprint density at radius 2 is 1.95 bits per heavy atom. The number of aromatic nitrogens is 2. The summed E-state index contributed by atoms with van der Waals surface area (Å²) in [5.74, 6) is 0.236. The topological polar surface area (TPSA) is 58.4 Å². The van der Waals surface area contributed by atoms with Gasteiger partial charge < -0.3 is 14.4 Å². The van der Waals surface area contributed by atoms with Gasteiger partial charge in [0.25, 0.3) is 0 Å². The van der Waals surface area contributed by atoms with Gasteiger partial charge in [0.15, 0.2) is 0 Å². The zero-order chi connectivity index (χ0) is 14.7. The van der Waals surface area contributed by atoms with Crippen molar-refractivity contribution in [2.24, 2.45) is 0 Å². The number of rotatable bonds is 4. The van der Waals surface area contributed by atoms with E-state index in [1.807, 2.05) is 15.7 Å². The summed E-state index contributed by atoms with van der Waals surface area (Å²) < 4.78 is 1.89. The summed E-state index contributed by atoms with van der Waals surface area (Å²) in [5, 5.41) is 0. The molecule has 114 valence electrons. The number of nitrogens with zero attached hydrogens (tertiary/aromatic N) is 4. The van der Waals surface area contributed by atoms with Crippen LogP contribution in [0, 0.1) is 0 Å². The molecule has 2 aliphatic heterocycles. The molecule has 3 rings (SSSR count). The van der Waals surface area contributed by atoms with Crippen LogP contribution in [-0.2, 0) is 16.1 Å². The molecular formula is C15H22N4O2. The first-order chi connectivity index (χ1) is 10.3. The number of hydrogen-bond acceptors (Lipinski definition) is 3. The predicted molar refractivity (Wildman–Crippen MR) is 77.4 cm³/mol. The van der Waals surface area contributed by atoms with E-state index in [1.165, 1.54) is 0 Å². The van der Waals surface area contributed by atoms with E-state index in [4.69, 9.17) is 0 Å². The molecule has 1 aromatic rings. The van der Waals surface area contributed by atoms with E-state index in [0.29, 0.717) is 19.5 Å². The Hall–Kier alpha value is -1.85. The number of hydrogen-bond donors (Lipinski definition) is 0. The lowest BCUT2D eigenvalue weighted by Gasteiger charge is -2.27. The van der Waals surface area contributed by atoms with Crippen LogP contribution in [0.25, 0.3) is 0 Å². The van der Waals surface area contributed by atoms with E-state index < -0.39 is 0 Å². The van der Waals surface area contributed by atoms with Crippen molar-refractivity contribution >= 4 is 11.8 Å². The fourth-order valence-electron chi connectivity index (χ4n) is 3.26. The van der Waals surface area contributed by atoms with Crippen molar-refractivity contribution in [2.75, 3.05) is 19.6 Å². The third kappa shape index (κ3) is 3.09. The summed E-state index contributed by atoms with van der Waals surface area (Å²) >= 11 is 0. The molecule has 0 spiro atoms. The van der Waals surface area contributed by atoms with Crippen LogP contribution in [0.5, 0.6) is 0 Å². The minimum Gasteiger partial charge on any atom is -0.341 e. The lowest BCUT2D eigenvalue weighted by atomic mass is 10.2. The molecule has 0 N–H and O–H groups in total. The van der Waals surface area contributed by atoms with E-state index in [2.05, 4.69) is 4.98 Å². The summed E-state index contributed by atoms with van der Waals surface area (Å²) in [7, 11) is 0. The number of amides is 2. The number of carbonyl (C=O) groups excluding carboxylic acids is 2. The Morgan fingerprint density at radius 1 is 1.14 bits per heavy atom. The van der Waals surface area contributed by atoms with Crippen molar-refractivity contribution in [3.8, 4) is 0 Å². The molecular weight excluding hydrogens is 268 g/mol. The summed E-state index contributed by atoms with van der Waals surface area (Å²) in [6, 6.07) is -0.224. The molecule has 3 heterocycles. The van der Waals surface area contributed by atoms with E-state index in [9.17, 15) is 9.59 Å². The van der Waals surface area contributed by atoms with Gasteiger partial charge in [0.1, 0.15) is 6.04 Å². The Balaban J connectivity index is 1.57. The Labute approximate surface area is 124 Å². The maximum atomic E-state index is 12.5. The van der Waals surface area contributed by atoms with Gasteiger partial charge in [0.05, 0.1) is 6.33 Å². The maximum absolute atomic E-state index is 12.5. The monoisotopic (exact) mass is 290 g/mol. The maximum Gasteiger partial charge on any atom is 0.245 e. The van der Waals surface area contributed by atoms with E-state index in [0.717, 1.165) is 38.8 Å². The fourth-order valence-corrected chi connectivity index (χ4v) is 3.26. The van der Waals surface area contributed by atoms with E-state index >= 15 is 0 Å². The summed E-state index contributed by atoms with van der Waals surface area (Å²) in [4.78, 5) is 32.6. The second-order valence-corrected chi connectivity index (χ2v) is 5.83. The summed E-state index contributed by atoms with van der Waals surface area (Å²) in [6.45, 7) is 3.05. The fraction of sp³-hybridized carbons (Fsp3) is 0.667. The lowest BCUT2D eigenvalue weighted by molar-refractivity contribution is -0.143. The highest BCUT2D eigenvalue weighted by Gasteiger charge is 2.36. The molecule has 0 aliphatic carbocycles. The van der Waals surface area contributed by atoms with Crippen LogP contribution in [-0.4, -0.2) is 56.8 Å². The van der Waals surface area contributed by atoms with Gasteiger partial charge in [-0.2, -0.15) is 0 Å². The summed E-state index contributed by atoms with van der Waals surface area (Å²) in [6.07, 6.45) is 9.63. The normalized spacial score (nSPS) is 22.0. The molecule has 0 bridgehead atoms. The number of imidazole rings is 1. The second kappa shape index (κ2) is 6.28. The van der Waals surface area contributed by atoms with Crippen LogP contribution < -0.4 is 0 Å².